The van der Waals surface area contributed by atoms with Crippen LogP contribution < -0.4 is 10.2 Å². The highest BCUT2D eigenvalue weighted by atomic mass is 35.5. The standard InChI is InChI=1S/C16H14ClN5O4/c1-2-26-14-9-4-3-8-13(14)18-15-16(22(24)25)19-20(21(15)23)12-7-5-6-11(17)10-12/h3-10,23H,2H2,1H3. The van der Waals surface area contributed by atoms with E-state index in [0.717, 1.165) is 4.80 Å². The number of ether oxygens (including phenoxy) is 1. The van der Waals surface area contributed by atoms with E-state index in [2.05, 4.69) is 10.1 Å². The minimum atomic E-state index is -0.726. The molecule has 0 atom stereocenters. The molecule has 0 fully saturated rings. The van der Waals surface area contributed by atoms with Gasteiger partial charge in [0.15, 0.2) is 0 Å². The predicted molar refractivity (Wildman–Crippen MR) is 93.2 cm³/mol. The van der Waals surface area contributed by atoms with Crippen LogP contribution in [-0.2, 0) is 0 Å². The number of rotatable bonds is 5. The summed E-state index contributed by atoms with van der Waals surface area (Å²) < 4.78 is 5.46. The van der Waals surface area contributed by atoms with Crippen molar-refractivity contribution in [2.45, 2.75) is 6.92 Å². The van der Waals surface area contributed by atoms with Crippen LogP contribution in [0.4, 0.5) is 11.5 Å². The minimum Gasteiger partial charge on any atom is -0.492 e. The maximum atomic E-state index is 11.4. The molecular formula is C16H14ClN5O4. The molecule has 1 N–H and O–H groups in total. The van der Waals surface area contributed by atoms with E-state index >= 15 is 0 Å². The molecule has 0 unspecified atom stereocenters. The van der Waals surface area contributed by atoms with E-state index in [1.807, 2.05) is 6.92 Å². The molecule has 0 aliphatic carbocycles. The zero-order valence-corrected chi connectivity index (χ0v) is 14.4. The van der Waals surface area contributed by atoms with Crippen LogP contribution in [0, 0.1) is 10.1 Å². The monoisotopic (exact) mass is 375 g/mol. The van der Waals surface area contributed by atoms with E-state index < -0.39 is 10.7 Å². The number of halogens is 1. The minimum absolute atomic E-state index is 0.325. The topological polar surface area (TPSA) is 108 Å². The van der Waals surface area contributed by atoms with E-state index in [-0.39, 0.29) is 5.49 Å². The molecule has 0 aliphatic heterocycles. The van der Waals surface area contributed by atoms with Gasteiger partial charge in [0, 0.05) is 5.02 Å². The largest absolute Gasteiger partial charge is 0.492 e. The van der Waals surface area contributed by atoms with Crippen molar-refractivity contribution in [3.8, 4) is 11.4 Å². The van der Waals surface area contributed by atoms with Crippen LogP contribution in [0.1, 0.15) is 6.92 Å². The Labute approximate surface area is 152 Å². The van der Waals surface area contributed by atoms with Crippen LogP contribution in [0.15, 0.2) is 53.5 Å². The van der Waals surface area contributed by atoms with Crippen LogP contribution >= 0.6 is 11.6 Å². The van der Waals surface area contributed by atoms with Crippen molar-refractivity contribution in [3.05, 3.63) is 69.2 Å². The van der Waals surface area contributed by atoms with Gasteiger partial charge in [-0.05, 0) is 47.0 Å². The Morgan fingerprint density at radius 3 is 2.77 bits per heavy atom. The molecule has 0 saturated carbocycles. The lowest BCUT2D eigenvalue weighted by Crippen LogP contribution is -2.22. The summed E-state index contributed by atoms with van der Waals surface area (Å²) >= 11 is 5.94. The quantitative estimate of drug-likeness (QED) is 0.419. The van der Waals surface area contributed by atoms with E-state index in [1.165, 1.54) is 6.07 Å². The fourth-order valence-electron chi connectivity index (χ4n) is 2.28. The van der Waals surface area contributed by atoms with Gasteiger partial charge >= 0.3 is 5.82 Å². The van der Waals surface area contributed by atoms with E-state index in [1.54, 1.807) is 42.5 Å². The van der Waals surface area contributed by atoms with Gasteiger partial charge in [0.05, 0.1) is 11.7 Å². The number of nitrogens with zero attached hydrogens (tertiary/aromatic N) is 5. The second-order valence-corrected chi connectivity index (χ2v) is 5.51. The predicted octanol–water partition coefficient (Wildman–Crippen LogP) is 3.10. The molecule has 0 radical (unpaired) electrons. The first-order chi connectivity index (χ1) is 12.5. The van der Waals surface area contributed by atoms with Gasteiger partial charge in [0.2, 0.25) is 0 Å². The van der Waals surface area contributed by atoms with Crippen LogP contribution in [0.2, 0.25) is 5.02 Å². The Hall–Kier alpha value is -3.33. The van der Waals surface area contributed by atoms with Crippen molar-refractivity contribution in [1.29, 1.82) is 0 Å². The Morgan fingerprint density at radius 2 is 2.08 bits per heavy atom. The Morgan fingerprint density at radius 1 is 1.31 bits per heavy atom. The summed E-state index contributed by atoms with van der Waals surface area (Å²) in [4.78, 5) is 16.3. The summed E-state index contributed by atoms with van der Waals surface area (Å²) in [5, 5.41) is 26.0. The first-order valence-electron chi connectivity index (χ1n) is 7.59. The van der Waals surface area contributed by atoms with E-state index in [4.69, 9.17) is 16.3 Å². The molecule has 9 nitrogen and oxygen atoms in total. The maximum absolute atomic E-state index is 11.4. The lowest BCUT2D eigenvalue weighted by Gasteiger charge is -2.05. The highest BCUT2D eigenvalue weighted by Gasteiger charge is 2.24. The van der Waals surface area contributed by atoms with Crippen molar-refractivity contribution in [1.82, 2.24) is 14.7 Å². The molecule has 134 valence electrons. The molecule has 2 aromatic carbocycles. The maximum Gasteiger partial charge on any atom is 0.438 e. The second-order valence-electron chi connectivity index (χ2n) is 5.08. The van der Waals surface area contributed by atoms with Crippen LogP contribution in [0.3, 0.4) is 0 Å². The number of para-hydroxylation sites is 2. The van der Waals surface area contributed by atoms with Crippen LogP contribution in [0.25, 0.3) is 5.69 Å². The fourth-order valence-corrected chi connectivity index (χ4v) is 2.46. The number of nitro groups is 1. The lowest BCUT2D eigenvalue weighted by atomic mass is 10.3. The first kappa shape index (κ1) is 17.5. The average molecular weight is 376 g/mol. The number of aromatic nitrogens is 3. The van der Waals surface area contributed by atoms with E-state index in [0.29, 0.717) is 33.6 Å². The Balaban J connectivity index is 2.23. The van der Waals surface area contributed by atoms with Gasteiger partial charge < -0.3 is 20.1 Å². The van der Waals surface area contributed by atoms with Gasteiger partial charge in [-0.2, -0.15) is 0 Å². The van der Waals surface area contributed by atoms with Gasteiger partial charge in [-0.15, -0.1) is 0 Å². The zero-order valence-electron chi connectivity index (χ0n) is 13.6. The highest BCUT2D eigenvalue weighted by Crippen LogP contribution is 2.26. The molecule has 1 aromatic heterocycles. The Kier molecular flexibility index (Phi) is 4.90. The summed E-state index contributed by atoms with van der Waals surface area (Å²) in [6, 6.07) is 13.1. The summed E-state index contributed by atoms with van der Waals surface area (Å²) in [6.45, 7) is 2.21. The third kappa shape index (κ3) is 3.38. The van der Waals surface area contributed by atoms with Crippen molar-refractivity contribution in [3.63, 3.8) is 0 Å². The molecule has 3 aromatic rings. The van der Waals surface area contributed by atoms with Gasteiger partial charge in [-0.1, -0.05) is 34.6 Å². The summed E-state index contributed by atoms with van der Waals surface area (Å²) in [5.74, 6) is -0.182. The van der Waals surface area contributed by atoms with Crippen LogP contribution in [-0.4, -0.2) is 31.5 Å². The van der Waals surface area contributed by atoms with Gasteiger partial charge in [-0.3, -0.25) is 0 Å². The molecule has 10 heteroatoms. The molecule has 1 heterocycles. The number of hydrogen-bond acceptors (Lipinski definition) is 6. The van der Waals surface area contributed by atoms with Gasteiger partial charge in [-0.25, -0.2) is 4.99 Å². The summed E-state index contributed by atoms with van der Waals surface area (Å²) in [7, 11) is 0. The normalized spacial score (nSPS) is 11.5. The molecule has 3 rings (SSSR count). The highest BCUT2D eigenvalue weighted by molar-refractivity contribution is 6.30. The Bertz CT molecular complexity index is 1030. The lowest BCUT2D eigenvalue weighted by molar-refractivity contribution is -0.391. The molecule has 26 heavy (non-hydrogen) atoms. The molecule has 0 bridgehead atoms. The van der Waals surface area contributed by atoms with Gasteiger partial charge in [0.1, 0.15) is 17.1 Å². The van der Waals surface area contributed by atoms with Crippen molar-refractivity contribution in [2.75, 3.05) is 6.61 Å². The SMILES string of the molecule is CCOc1ccccc1N=c1c([N+](=O)[O-])nn(-c2cccc(Cl)c2)n1O. The molecular weight excluding hydrogens is 362 g/mol. The molecule has 0 spiro atoms. The number of hydrogen-bond donors (Lipinski definition) is 1. The second kappa shape index (κ2) is 7.28. The third-order valence-corrected chi connectivity index (χ3v) is 3.60. The van der Waals surface area contributed by atoms with Gasteiger partial charge in [0.25, 0.3) is 5.49 Å². The molecule has 0 saturated heterocycles. The van der Waals surface area contributed by atoms with E-state index in [9.17, 15) is 15.3 Å². The van der Waals surface area contributed by atoms with Crippen molar-refractivity contribution in [2.24, 2.45) is 4.99 Å². The average Bonchev–Trinajstić information content (AvgIpc) is 2.94. The zero-order chi connectivity index (χ0) is 18.7. The fraction of sp³-hybridized carbons (Fsp3) is 0.125. The summed E-state index contributed by atoms with van der Waals surface area (Å²) in [5.41, 5.74) is 0.315. The smallest absolute Gasteiger partial charge is 0.438 e. The van der Waals surface area contributed by atoms with Crippen molar-refractivity contribution >= 4 is 23.1 Å². The number of benzene rings is 2. The summed E-state index contributed by atoms with van der Waals surface area (Å²) in [6.07, 6.45) is 0. The first-order valence-corrected chi connectivity index (χ1v) is 7.97. The molecule has 0 amide bonds. The molecule has 0 aliphatic rings. The van der Waals surface area contributed by atoms with Crippen LogP contribution in [0.5, 0.6) is 5.75 Å². The third-order valence-electron chi connectivity index (χ3n) is 3.36. The van der Waals surface area contributed by atoms with Crippen molar-refractivity contribution < 1.29 is 14.9 Å².